The standard InChI is InChI=1S/C24H37N3O7S/c1-7-33-19(29)11-12-25-21(30)20(16-9-8-10-17(28)13-16)27(15(2)3)22(31)18(14-35)26-23(32)34-24(4,5)6/h8-10,13,15,18,20,28,35H,7,11-12,14H2,1-6H3,(H,25,30)(H,26,32). The minimum absolute atomic E-state index is 0.000731. The van der Waals surface area contributed by atoms with Crippen LogP contribution in [0.3, 0.4) is 0 Å². The molecule has 3 amide bonds. The van der Waals surface area contributed by atoms with Gasteiger partial charge < -0.3 is 30.1 Å². The van der Waals surface area contributed by atoms with Crippen LogP contribution in [0.25, 0.3) is 0 Å². The Hall–Kier alpha value is -2.95. The van der Waals surface area contributed by atoms with E-state index in [1.165, 1.54) is 17.0 Å². The van der Waals surface area contributed by atoms with Gasteiger partial charge in [0.05, 0.1) is 13.0 Å². The Morgan fingerprint density at radius 1 is 1.17 bits per heavy atom. The zero-order valence-corrected chi connectivity index (χ0v) is 22.1. The van der Waals surface area contributed by atoms with Crippen molar-refractivity contribution in [2.75, 3.05) is 18.9 Å². The lowest BCUT2D eigenvalue weighted by Gasteiger charge is -2.37. The van der Waals surface area contributed by atoms with Crippen molar-refractivity contribution in [3.05, 3.63) is 29.8 Å². The minimum atomic E-state index is -1.15. The van der Waals surface area contributed by atoms with Crippen LogP contribution in [-0.2, 0) is 23.9 Å². The molecule has 2 atom stereocenters. The molecule has 3 N–H and O–H groups in total. The Morgan fingerprint density at radius 3 is 2.34 bits per heavy atom. The van der Waals surface area contributed by atoms with Gasteiger partial charge in [0.25, 0.3) is 0 Å². The van der Waals surface area contributed by atoms with Gasteiger partial charge in [-0.25, -0.2) is 4.79 Å². The second-order valence-corrected chi connectivity index (χ2v) is 9.43. The maximum atomic E-state index is 13.6. The van der Waals surface area contributed by atoms with Crippen molar-refractivity contribution < 1.29 is 33.8 Å². The Kier molecular flexibility index (Phi) is 11.9. The summed E-state index contributed by atoms with van der Waals surface area (Å²) in [4.78, 5) is 52.2. The molecule has 0 aliphatic heterocycles. The summed E-state index contributed by atoms with van der Waals surface area (Å²) in [5.74, 6) is -1.71. The molecule has 11 heteroatoms. The van der Waals surface area contributed by atoms with Crippen molar-refractivity contribution in [2.45, 2.75) is 71.7 Å². The third-order valence-corrected chi connectivity index (χ3v) is 4.99. The van der Waals surface area contributed by atoms with Gasteiger partial charge in [-0.15, -0.1) is 0 Å². The van der Waals surface area contributed by atoms with E-state index in [4.69, 9.17) is 9.47 Å². The Balaban J connectivity index is 3.26. The summed E-state index contributed by atoms with van der Waals surface area (Å²) in [6.45, 7) is 10.5. The molecule has 35 heavy (non-hydrogen) atoms. The van der Waals surface area contributed by atoms with E-state index in [2.05, 4.69) is 23.3 Å². The fraction of sp³-hybridized carbons (Fsp3) is 0.583. The molecule has 0 saturated carbocycles. The van der Waals surface area contributed by atoms with Gasteiger partial charge >= 0.3 is 12.1 Å². The lowest BCUT2D eigenvalue weighted by Crippen LogP contribution is -2.55. The highest BCUT2D eigenvalue weighted by atomic mass is 32.1. The number of thiol groups is 1. The van der Waals surface area contributed by atoms with Crippen LogP contribution < -0.4 is 10.6 Å². The first-order valence-corrected chi connectivity index (χ1v) is 12.1. The van der Waals surface area contributed by atoms with Crippen molar-refractivity contribution in [1.29, 1.82) is 0 Å². The summed E-state index contributed by atoms with van der Waals surface area (Å²) < 4.78 is 10.1. The third-order valence-electron chi connectivity index (χ3n) is 4.63. The number of hydrogen-bond donors (Lipinski definition) is 4. The minimum Gasteiger partial charge on any atom is -0.508 e. The normalized spacial score (nSPS) is 12.9. The molecule has 0 radical (unpaired) electrons. The average molecular weight is 512 g/mol. The van der Waals surface area contributed by atoms with Crippen LogP contribution in [0.15, 0.2) is 24.3 Å². The van der Waals surface area contributed by atoms with Crippen LogP contribution in [0.2, 0.25) is 0 Å². The fourth-order valence-corrected chi connectivity index (χ4v) is 3.49. The Morgan fingerprint density at radius 2 is 1.83 bits per heavy atom. The van der Waals surface area contributed by atoms with E-state index in [0.29, 0.717) is 5.56 Å². The summed E-state index contributed by atoms with van der Waals surface area (Å²) in [6.07, 6.45) is -0.831. The van der Waals surface area contributed by atoms with Crippen LogP contribution in [0.1, 0.15) is 59.6 Å². The van der Waals surface area contributed by atoms with Crippen molar-refractivity contribution >= 4 is 36.5 Å². The zero-order chi connectivity index (χ0) is 26.8. The van der Waals surface area contributed by atoms with Gasteiger partial charge in [-0.2, -0.15) is 12.6 Å². The number of ether oxygens (including phenoxy) is 2. The number of rotatable bonds is 11. The van der Waals surface area contributed by atoms with Gasteiger partial charge in [0.2, 0.25) is 11.8 Å². The molecule has 0 bridgehead atoms. The monoisotopic (exact) mass is 511 g/mol. The molecular weight excluding hydrogens is 474 g/mol. The maximum absolute atomic E-state index is 13.6. The van der Waals surface area contributed by atoms with Crippen LogP contribution in [0.5, 0.6) is 5.75 Å². The molecule has 1 aromatic rings. The van der Waals surface area contributed by atoms with E-state index in [0.717, 1.165) is 0 Å². The van der Waals surface area contributed by atoms with E-state index in [-0.39, 0.29) is 31.1 Å². The largest absolute Gasteiger partial charge is 0.508 e. The quantitative estimate of drug-likeness (QED) is 0.265. The van der Waals surface area contributed by atoms with Crippen LogP contribution in [-0.4, -0.2) is 70.5 Å². The van der Waals surface area contributed by atoms with E-state index >= 15 is 0 Å². The van der Waals surface area contributed by atoms with Crippen LogP contribution in [0.4, 0.5) is 4.79 Å². The summed E-state index contributed by atoms with van der Waals surface area (Å²) >= 11 is 4.22. The first-order chi connectivity index (χ1) is 16.3. The zero-order valence-electron chi connectivity index (χ0n) is 21.2. The highest BCUT2D eigenvalue weighted by Gasteiger charge is 2.37. The predicted octanol–water partition coefficient (Wildman–Crippen LogP) is 2.56. The molecular formula is C24H37N3O7S. The van der Waals surface area contributed by atoms with Crippen molar-refractivity contribution in [2.24, 2.45) is 0 Å². The molecule has 196 valence electrons. The first-order valence-electron chi connectivity index (χ1n) is 11.5. The second-order valence-electron chi connectivity index (χ2n) is 9.06. The van der Waals surface area contributed by atoms with E-state index in [9.17, 15) is 24.3 Å². The SMILES string of the molecule is CCOC(=O)CCNC(=O)C(c1cccc(O)c1)N(C(=O)C(CS)NC(=O)OC(C)(C)C)C(C)C. The summed E-state index contributed by atoms with van der Waals surface area (Å²) in [5.41, 5.74) is -0.412. The van der Waals surface area contributed by atoms with Gasteiger partial charge in [-0.3, -0.25) is 14.4 Å². The van der Waals surface area contributed by atoms with Gasteiger partial charge in [0.15, 0.2) is 0 Å². The first kappa shape index (κ1) is 30.1. The lowest BCUT2D eigenvalue weighted by atomic mass is 10.0. The van der Waals surface area contributed by atoms with Crippen LogP contribution >= 0.6 is 12.6 Å². The molecule has 0 saturated heterocycles. The molecule has 0 aromatic heterocycles. The number of carbonyl (C=O) groups is 4. The van der Waals surface area contributed by atoms with Gasteiger partial charge in [0, 0.05) is 18.3 Å². The number of aromatic hydroxyl groups is 1. The van der Waals surface area contributed by atoms with Crippen molar-refractivity contribution in [1.82, 2.24) is 15.5 Å². The van der Waals surface area contributed by atoms with Gasteiger partial charge in [-0.05, 0) is 59.2 Å². The molecule has 0 spiro atoms. The summed E-state index contributed by atoms with van der Waals surface area (Å²) in [7, 11) is 0. The highest BCUT2D eigenvalue weighted by molar-refractivity contribution is 7.80. The van der Waals surface area contributed by atoms with E-state index in [1.807, 2.05) is 0 Å². The number of amides is 3. The van der Waals surface area contributed by atoms with Crippen molar-refractivity contribution in [3.63, 3.8) is 0 Å². The average Bonchev–Trinajstić information content (AvgIpc) is 2.73. The Bertz CT molecular complexity index is 886. The number of nitrogens with zero attached hydrogens (tertiary/aromatic N) is 1. The number of esters is 1. The molecule has 0 aliphatic rings. The van der Waals surface area contributed by atoms with E-state index < -0.39 is 47.6 Å². The van der Waals surface area contributed by atoms with Crippen LogP contribution in [0, 0.1) is 0 Å². The van der Waals surface area contributed by atoms with E-state index in [1.54, 1.807) is 53.7 Å². The lowest BCUT2D eigenvalue weighted by molar-refractivity contribution is -0.145. The fourth-order valence-electron chi connectivity index (χ4n) is 3.25. The highest BCUT2D eigenvalue weighted by Crippen LogP contribution is 2.27. The number of benzene rings is 1. The number of phenols is 1. The number of hydrogen-bond acceptors (Lipinski definition) is 8. The number of phenolic OH excluding ortho intramolecular Hbond substituents is 1. The van der Waals surface area contributed by atoms with Gasteiger partial charge in [-0.1, -0.05) is 12.1 Å². The second kappa shape index (κ2) is 13.8. The topological polar surface area (TPSA) is 134 Å². The summed E-state index contributed by atoms with van der Waals surface area (Å²) in [5, 5.41) is 15.2. The summed E-state index contributed by atoms with van der Waals surface area (Å²) in [6, 6.07) is 3.28. The third kappa shape index (κ3) is 10.1. The van der Waals surface area contributed by atoms with Gasteiger partial charge in [0.1, 0.15) is 23.4 Å². The molecule has 0 aliphatic carbocycles. The molecule has 2 unspecified atom stereocenters. The smallest absolute Gasteiger partial charge is 0.408 e. The molecule has 1 aromatic carbocycles. The number of carbonyl (C=O) groups excluding carboxylic acids is 4. The number of alkyl carbamates (subject to hydrolysis) is 1. The van der Waals surface area contributed by atoms with Crippen molar-refractivity contribution in [3.8, 4) is 5.75 Å². The number of nitrogens with one attached hydrogen (secondary N) is 2. The molecule has 0 fully saturated rings. The molecule has 10 nitrogen and oxygen atoms in total. The molecule has 1 rings (SSSR count). The Labute approximate surface area is 212 Å². The molecule has 0 heterocycles. The maximum Gasteiger partial charge on any atom is 0.408 e. The predicted molar refractivity (Wildman–Crippen MR) is 134 cm³/mol.